The lowest BCUT2D eigenvalue weighted by atomic mass is 9.86. The van der Waals surface area contributed by atoms with Gasteiger partial charge in [0.2, 0.25) is 0 Å². The quantitative estimate of drug-likeness (QED) is 0.864. The lowest BCUT2D eigenvalue weighted by Crippen LogP contribution is -2.38. The van der Waals surface area contributed by atoms with Gasteiger partial charge < -0.3 is 10.0 Å². The van der Waals surface area contributed by atoms with Gasteiger partial charge in [0.1, 0.15) is 0 Å². The standard InChI is InChI=1S/C20H21F2NO2/c1-12-20(2,3)8-9-23(12)19(25)14-6-4-13(5-7-14)15-10-16(21)18(22)17(24)11-15/h4-7,10-12,24H,8-9H2,1-3H3. The maximum Gasteiger partial charge on any atom is 0.254 e. The van der Waals surface area contributed by atoms with Crippen molar-refractivity contribution < 1.29 is 18.7 Å². The minimum absolute atomic E-state index is 0.0299. The van der Waals surface area contributed by atoms with E-state index in [-0.39, 0.29) is 17.4 Å². The molecule has 0 aliphatic carbocycles. The first-order valence-corrected chi connectivity index (χ1v) is 8.30. The predicted molar refractivity (Wildman–Crippen MR) is 92.4 cm³/mol. The first kappa shape index (κ1) is 17.4. The topological polar surface area (TPSA) is 40.5 Å². The van der Waals surface area contributed by atoms with Crippen molar-refractivity contribution in [1.82, 2.24) is 4.90 Å². The molecule has 0 saturated carbocycles. The van der Waals surface area contributed by atoms with Gasteiger partial charge in [-0.3, -0.25) is 4.79 Å². The van der Waals surface area contributed by atoms with Gasteiger partial charge in [0.25, 0.3) is 5.91 Å². The Hall–Kier alpha value is -2.43. The first-order chi connectivity index (χ1) is 11.7. The maximum absolute atomic E-state index is 13.5. The molecule has 1 fully saturated rings. The van der Waals surface area contributed by atoms with E-state index in [1.807, 2.05) is 4.90 Å². The molecule has 0 spiro atoms. The lowest BCUT2D eigenvalue weighted by Gasteiger charge is -2.29. The normalized spacial score (nSPS) is 19.2. The number of likely N-dealkylation sites (tertiary alicyclic amines) is 1. The average Bonchev–Trinajstić information content (AvgIpc) is 2.85. The Labute approximate surface area is 145 Å². The van der Waals surface area contributed by atoms with E-state index in [0.29, 0.717) is 16.7 Å². The number of amides is 1. The van der Waals surface area contributed by atoms with E-state index in [4.69, 9.17) is 0 Å². The van der Waals surface area contributed by atoms with Crippen molar-refractivity contribution in [3.63, 3.8) is 0 Å². The number of halogens is 2. The Morgan fingerprint density at radius 2 is 1.80 bits per heavy atom. The van der Waals surface area contributed by atoms with E-state index >= 15 is 0 Å². The van der Waals surface area contributed by atoms with Crippen LogP contribution in [0, 0.1) is 17.0 Å². The van der Waals surface area contributed by atoms with Crippen molar-refractivity contribution in [2.75, 3.05) is 6.54 Å². The summed E-state index contributed by atoms with van der Waals surface area (Å²) in [5.41, 5.74) is 1.60. The molecule has 3 nitrogen and oxygen atoms in total. The third kappa shape index (κ3) is 3.11. The number of hydrogen-bond acceptors (Lipinski definition) is 2. The molecule has 2 aromatic carbocycles. The van der Waals surface area contributed by atoms with E-state index in [2.05, 4.69) is 20.8 Å². The van der Waals surface area contributed by atoms with Crippen LogP contribution in [-0.4, -0.2) is 28.5 Å². The van der Waals surface area contributed by atoms with Gasteiger partial charge in [-0.05, 0) is 54.2 Å². The van der Waals surface area contributed by atoms with Crippen LogP contribution in [-0.2, 0) is 0 Å². The number of phenolic OH excluding ortho intramolecular Hbond substituents is 1. The number of rotatable bonds is 2. The van der Waals surface area contributed by atoms with Crippen LogP contribution >= 0.6 is 0 Å². The number of carbonyl (C=O) groups excluding carboxylic acids is 1. The molecule has 1 saturated heterocycles. The van der Waals surface area contributed by atoms with E-state index in [1.165, 1.54) is 6.07 Å². The van der Waals surface area contributed by atoms with E-state index < -0.39 is 17.4 Å². The average molecular weight is 345 g/mol. The van der Waals surface area contributed by atoms with Crippen molar-refractivity contribution in [2.24, 2.45) is 5.41 Å². The smallest absolute Gasteiger partial charge is 0.254 e. The van der Waals surface area contributed by atoms with E-state index in [0.717, 1.165) is 19.0 Å². The third-order valence-electron chi connectivity index (χ3n) is 5.33. The Kier molecular flexibility index (Phi) is 4.27. The molecular weight excluding hydrogens is 324 g/mol. The molecule has 0 bridgehead atoms. The summed E-state index contributed by atoms with van der Waals surface area (Å²) in [7, 11) is 0. The van der Waals surface area contributed by atoms with Gasteiger partial charge >= 0.3 is 0 Å². The molecule has 0 radical (unpaired) electrons. The van der Waals surface area contributed by atoms with Gasteiger partial charge in [-0.2, -0.15) is 4.39 Å². The number of carbonyl (C=O) groups is 1. The second kappa shape index (κ2) is 6.14. The van der Waals surface area contributed by atoms with Crippen molar-refractivity contribution in [2.45, 2.75) is 33.2 Å². The van der Waals surface area contributed by atoms with E-state index in [9.17, 15) is 18.7 Å². The van der Waals surface area contributed by atoms with E-state index in [1.54, 1.807) is 24.3 Å². The predicted octanol–water partition coefficient (Wildman–Crippen LogP) is 4.60. The zero-order valence-corrected chi connectivity index (χ0v) is 14.5. The lowest BCUT2D eigenvalue weighted by molar-refractivity contribution is 0.0706. The highest BCUT2D eigenvalue weighted by atomic mass is 19.2. The molecule has 1 amide bonds. The SMILES string of the molecule is CC1N(C(=O)c2ccc(-c3cc(O)c(F)c(F)c3)cc2)CCC1(C)C. The van der Waals surface area contributed by atoms with Crippen LogP contribution in [0.15, 0.2) is 36.4 Å². The van der Waals surface area contributed by atoms with Crippen molar-refractivity contribution >= 4 is 5.91 Å². The van der Waals surface area contributed by atoms with Gasteiger partial charge in [-0.25, -0.2) is 4.39 Å². The Balaban J connectivity index is 1.85. The molecule has 132 valence electrons. The fraction of sp³-hybridized carbons (Fsp3) is 0.350. The summed E-state index contributed by atoms with van der Waals surface area (Å²) in [5, 5.41) is 9.43. The molecule has 3 rings (SSSR count). The molecule has 1 atom stereocenters. The summed E-state index contributed by atoms with van der Waals surface area (Å²) < 4.78 is 26.7. The molecule has 1 heterocycles. The van der Waals surface area contributed by atoms with Crippen LogP contribution in [0.25, 0.3) is 11.1 Å². The van der Waals surface area contributed by atoms with Crippen LogP contribution in [0.4, 0.5) is 8.78 Å². The number of phenols is 1. The molecule has 0 aromatic heterocycles. The largest absolute Gasteiger partial charge is 0.505 e. The highest BCUT2D eigenvalue weighted by Crippen LogP contribution is 2.36. The fourth-order valence-electron chi connectivity index (χ4n) is 3.22. The fourth-order valence-corrected chi connectivity index (χ4v) is 3.22. The van der Waals surface area contributed by atoms with Gasteiger partial charge in [0.05, 0.1) is 0 Å². The second-order valence-electron chi connectivity index (χ2n) is 7.28. The number of benzene rings is 2. The molecule has 25 heavy (non-hydrogen) atoms. The highest BCUT2D eigenvalue weighted by molar-refractivity contribution is 5.95. The maximum atomic E-state index is 13.5. The third-order valence-corrected chi connectivity index (χ3v) is 5.33. The Bertz CT molecular complexity index is 792. The zero-order chi connectivity index (χ0) is 18.4. The summed E-state index contributed by atoms with van der Waals surface area (Å²) >= 11 is 0. The monoisotopic (exact) mass is 345 g/mol. The van der Waals surface area contributed by atoms with Crippen LogP contribution in [0.2, 0.25) is 0 Å². The minimum atomic E-state index is -1.26. The number of nitrogens with zero attached hydrogens (tertiary/aromatic N) is 1. The van der Waals surface area contributed by atoms with Crippen molar-refractivity contribution in [1.29, 1.82) is 0 Å². The molecular formula is C20H21F2NO2. The van der Waals surface area contributed by atoms with Crippen molar-refractivity contribution in [3.05, 3.63) is 53.6 Å². The summed E-state index contributed by atoms with van der Waals surface area (Å²) in [6, 6.07) is 9.04. The van der Waals surface area contributed by atoms with Gasteiger partial charge in [-0.1, -0.05) is 26.0 Å². The van der Waals surface area contributed by atoms with Crippen LogP contribution in [0.3, 0.4) is 0 Å². The summed E-state index contributed by atoms with van der Waals surface area (Å²) in [4.78, 5) is 14.6. The highest BCUT2D eigenvalue weighted by Gasteiger charge is 2.39. The minimum Gasteiger partial charge on any atom is -0.505 e. The van der Waals surface area contributed by atoms with Crippen LogP contribution in [0.1, 0.15) is 37.6 Å². The molecule has 2 aromatic rings. The molecule has 1 N–H and O–H groups in total. The number of hydrogen-bond donors (Lipinski definition) is 1. The van der Waals surface area contributed by atoms with Gasteiger partial charge in [-0.15, -0.1) is 0 Å². The molecule has 1 aliphatic heterocycles. The van der Waals surface area contributed by atoms with Crippen LogP contribution < -0.4 is 0 Å². The van der Waals surface area contributed by atoms with Gasteiger partial charge in [0, 0.05) is 18.2 Å². The summed E-state index contributed by atoms with van der Waals surface area (Å²) in [6.45, 7) is 7.10. The van der Waals surface area contributed by atoms with Crippen molar-refractivity contribution in [3.8, 4) is 16.9 Å². The van der Waals surface area contributed by atoms with Crippen LogP contribution in [0.5, 0.6) is 5.75 Å². The van der Waals surface area contributed by atoms with Gasteiger partial charge in [0.15, 0.2) is 17.4 Å². The molecule has 1 unspecified atom stereocenters. The summed E-state index contributed by atoms with van der Waals surface area (Å²) in [6.07, 6.45) is 0.964. The Morgan fingerprint density at radius 1 is 1.16 bits per heavy atom. The summed E-state index contributed by atoms with van der Waals surface area (Å²) in [5.74, 6) is -3.13. The number of aromatic hydroxyl groups is 1. The molecule has 5 heteroatoms. The second-order valence-corrected chi connectivity index (χ2v) is 7.28. The first-order valence-electron chi connectivity index (χ1n) is 8.30. The Morgan fingerprint density at radius 3 is 2.32 bits per heavy atom. The molecule has 1 aliphatic rings. The zero-order valence-electron chi connectivity index (χ0n) is 14.5.